The maximum absolute atomic E-state index is 13.0. The largest absolute Gasteiger partial charge is 0.393 e. The van der Waals surface area contributed by atoms with Gasteiger partial charge in [0.05, 0.1) is 6.42 Å². The minimum atomic E-state index is -1.35. The van der Waals surface area contributed by atoms with Crippen molar-refractivity contribution in [1.29, 1.82) is 0 Å². The van der Waals surface area contributed by atoms with E-state index in [2.05, 4.69) is 4.74 Å². The number of halogens is 3. The highest BCUT2D eigenvalue weighted by Gasteiger charge is 2.14. The summed E-state index contributed by atoms with van der Waals surface area (Å²) in [7, 11) is 0. The van der Waals surface area contributed by atoms with Crippen molar-refractivity contribution in [2.75, 3.05) is 0 Å². The lowest BCUT2D eigenvalue weighted by molar-refractivity contribution is -0.157. The van der Waals surface area contributed by atoms with Crippen LogP contribution in [0, 0.1) is 17.5 Å². The Kier molecular flexibility index (Phi) is 3.65. The summed E-state index contributed by atoms with van der Waals surface area (Å²) in [5.41, 5.74) is -0.370. The minimum Gasteiger partial charge on any atom is -0.393 e. The van der Waals surface area contributed by atoms with E-state index in [9.17, 15) is 22.8 Å². The average molecular weight is 232 g/mol. The highest BCUT2D eigenvalue weighted by atomic mass is 19.2. The third kappa shape index (κ3) is 3.08. The number of hydrogen-bond acceptors (Lipinski definition) is 3. The Morgan fingerprint density at radius 3 is 2.25 bits per heavy atom. The number of carbonyl (C=O) groups is 2. The van der Waals surface area contributed by atoms with Crippen LogP contribution in [0.1, 0.15) is 12.5 Å². The molecule has 0 aliphatic carbocycles. The lowest BCUT2D eigenvalue weighted by Gasteiger charge is -2.03. The van der Waals surface area contributed by atoms with E-state index in [1.165, 1.54) is 0 Å². The summed E-state index contributed by atoms with van der Waals surface area (Å²) < 4.78 is 42.4. The molecule has 0 unspecified atom stereocenters. The van der Waals surface area contributed by atoms with Gasteiger partial charge in [0, 0.05) is 18.6 Å². The smallest absolute Gasteiger partial charge is 0.318 e. The minimum absolute atomic E-state index is 0.325. The van der Waals surface area contributed by atoms with Crippen LogP contribution in [0.15, 0.2) is 12.1 Å². The van der Waals surface area contributed by atoms with Crippen molar-refractivity contribution in [3.8, 4) is 0 Å². The first kappa shape index (κ1) is 12.2. The van der Waals surface area contributed by atoms with Gasteiger partial charge in [-0.05, 0) is 6.07 Å². The van der Waals surface area contributed by atoms with Crippen LogP contribution in [-0.2, 0) is 20.7 Å². The molecule has 6 heteroatoms. The molecule has 0 atom stereocenters. The average Bonchev–Trinajstić information content (AvgIpc) is 2.12. The molecule has 0 aliphatic rings. The Balaban J connectivity index is 2.85. The van der Waals surface area contributed by atoms with Gasteiger partial charge in [0.25, 0.3) is 0 Å². The summed E-state index contributed by atoms with van der Waals surface area (Å²) >= 11 is 0. The summed E-state index contributed by atoms with van der Waals surface area (Å²) in [6, 6.07) is 0.873. The Bertz CT molecular complexity index is 443. The maximum atomic E-state index is 13.0. The summed E-state index contributed by atoms with van der Waals surface area (Å²) in [5.74, 6) is -5.57. The van der Waals surface area contributed by atoms with Gasteiger partial charge >= 0.3 is 11.9 Å². The molecule has 0 bridgehead atoms. The standard InChI is InChI=1S/C10H7F3O3/c1-5(14)16-10(15)3-6-2-8(12)9(13)4-7(6)11/h2,4H,3H2,1H3. The van der Waals surface area contributed by atoms with Crippen LogP contribution >= 0.6 is 0 Å². The quantitative estimate of drug-likeness (QED) is 0.443. The molecule has 0 N–H and O–H groups in total. The Hall–Kier alpha value is -1.85. The van der Waals surface area contributed by atoms with E-state index in [1.54, 1.807) is 0 Å². The van der Waals surface area contributed by atoms with Crippen molar-refractivity contribution < 1.29 is 27.5 Å². The normalized spacial score (nSPS) is 10.0. The zero-order valence-electron chi connectivity index (χ0n) is 8.22. The first-order chi connectivity index (χ1) is 7.40. The number of rotatable bonds is 2. The Morgan fingerprint density at radius 2 is 1.69 bits per heavy atom. The van der Waals surface area contributed by atoms with E-state index in [0.717, 1.165) is 6.92 Å². The molecule has 1 aromatic rings. The zero-order chi connectivity index (χ0) is 12.3. The number of benzene rings is 1. The molecule has 0 spiro atoms. The maximum Gasteiger partial charge on any atom is 0.318 e. The summed E-state index contributed by atoms with van der Waals surface area (Å²) in [6.07, 6.45) is -0.636. The van der Waals surface area contributed by atoms with Crippen LogP contribution in [0.25, 0.3) is 0 Å². The van der Waals surface area contributed by atoms with Gasteiger partial charge in [0.2, 0.25) is 0 Å². The first-order valence-corrected chi connectivity index (χ1v) is 4.25. The van der Waals surface area contributed by atoms with Crippen molar-refractivity contribution in [2.45, 2.75) is 13.3 Å². The molecule has 0 aromatic heterocycles. The topological polar surface area (TPSA) is 43.4 Å². The highest BCUT2D eigenvalue weighted by Crippen LogP contribution is 2.14. The van der Waals surface area contributed by atoms with Crippen LogP contribution in [0.2, 0.25) is 0 Å². The van der Waals surface area contributed by atoms with Crippen LogP contribution in [0.4, 0.5) is 13.2 Å². The van der Waals surface area contributed by atoms with Crippen LogP contribution in [-0.4, -0.2) is 11.9 Å². The van der Waals surface area contributed by atoms with Gasteiger partial charge in [0.15, 0.2) is 11.6 Å². The molecule has 0 radical (unpaired) electrons. The zero-order valence-corrected chi connectivity index (χ0v) is 8.22. The molecule has 0 amide bonds. The monoisotopic (exact) mass is 232 g/mol. The second-order valence-corrected chi connectivity index (χ2v) is 3.00. The van der Waals surface area contributed by atoms with Crippen molar-refractivity contribution in [1.82, 2.24) is 0 Å². The molecule has 1 aromatic carbocycles. The molecular formula is C10H7F3O3. The first-order valence-electron chi connectivity index (χ1n) is 4.25. The Morgan fingerprint density at radius 1 is 1.12 bits per heavy atom. The second kappa shape index (κ2) is 4.78. The lowest BCUT2D eigenvalue weighted by Crippen LogP contribution is -2.13. The van der Waals surface area contributed by atoms with Gasteiger partial charge in [-0.2, -0.15) is 0 Å². The van der Waals surface area contributed by atoms with Gasteiger partial charge in [-0.3, -0.25) is 9.59 Å². The molecular weight excluding hydrogens is 225 g/mol. The van der Waals surface area contributed by atoms with E-state index in [1.807, 2.05) is 0 Å². The summed E-state index contributed by atoms with van der Waals surface area (Å²) in [5, 5.41) is 0. The van der Waals surface area contributed by atoms with Gasteiger partial charge in [-0.1, -0.05) is 0 Å². The third-order valence-electron chi connectivity index (χ3n) is 1.68. The SMILES string of the molecule is CC(=O)OC(=O)Cc1cc(F)c(F)cc1F. The predicted molar refractivity (Wildman–Crippen MR) is 46.8 cm³/mol. The third-order valence-corrected chi connectivity index (χ3v) is 1.68. The van der Waals surface area contributed by atoms with Gasteiger partial charge in [-0.15, -0.1) is 0 Å². The predicted octanol–water partition coefficient (Wildman–Crippen LogP) is 1.74. The van der Waals surface area contributed by atoms with Crippen molar-refractivity contribution in [2.24, 2.45) is 0 Å². The fraction of sp³-hybridized carbons (Fsp3) is 0.200. The fourth-order valence-electron chi connectivity index (χ4n) is 1.05. The number of ether oxygens (including phenoxy) is 1. The molecule has 0 saturated heterocycles. The van der Waals surface area contributed by atoms with E-state index in [-0.39, 0.29) is 5.56 Å². The van der Waals surface area contributed by atoms with E-state index < -0.39 is 35.8 Å². The summed E-state index contributed by atoms with van der Waals surface area (Å²) in [4.78, 5) is 21.3. The molecule has 0 heterocycles. The Labute approximate surface area is 88.8 Å². The molecule has 16 heavy (non-hydrogen) atoms. The molecule has 3 nitrogen and oxygen atoms in total. The van der Waals surface area contributed by atoms with E-state index in [4.69, 9.17) is 0 Å². The van der Waals surface area contributed by atoms with E-state index in [0.29, 0.717) is 12.1 Å². The van der Waals surface area contributed by atoms with Crippen molar-refractivity contribution >= 4 is 11.9 Å². The number of esters is 2. The second-order valence-electron chi connectivity index (χ2n) is 3.00. The molecule has 1 rings (SSSR count). The molecule has 0 aliphatic heterocycles. The van der Waals surface area contributed by atoms with Crippen LogP contribution in [0.3, 0.4) is 0 Å². The van der Waals surface area contributed by atoms with Crippen molar-refractivity contribution in [3.63, 3.8) is 0 Å². The van der Waals surface area contributed by atoms with Gasteiger partial charge in [-0.25, -0.2) is 13.2 Å². The fourth-order valence-corrected chi connectivity index (χ4v) is 1.05. The number of hydrogen-bond donors (Lipinski definition) is 0. The van der Waals surface area contributed by atoms with Gasteiger partial charge < -0.3 is 4.74 Å². The van der Waals surface area contributed by atoms with Crippen molar-refractivity contribution in [3.05, 3.63) is 35.1 Å². The highest BCUT2D eigenvalue weighted by molar-refractivity contribution is 5.85. The van der Waals surface area contributed by atoms with Crippen LogP contribution in [0.5, 0.6) is 0 Å². The number of carbonyl (C=O) groups excluding carboxylic acids is 2. The van der Waals surface area contributed by atoms with E-state index >= 15 is 0 Å². The molecule has 86 valence electrons. The lowest BCUT2D eigenvalue weighted by atomic mass is 10.1. The molecule has 0 saturated carbocycles. The molecule has 0 fully saturated rings. The van der Waals surface area contributed by atoms with Gasteiger partial charge in [0.1, 0.15) is 5.82 Å². The van der Waals surface area contributed by atoms with Crippen LogP contribution < -0.4 is 0 Å². The summed E-state index contributed by atoms with van der Waals surface area (Å²) in [6.45, 7) is 1.000.